The van der Waals surface area contributed by atoms with Gasteiger partial charge in [0.25, 0.3) is 11.6 Å². The van der Waals surface area contributed by atoms with E-state index >= 15 is 0 Å². The first-order valence-electron chi connectivity index (χ1n) is 8.31. The van der Waals surface area contributed by atoms with Crippen molar-refractivity contribution in [1.29, 1.82) is 0 Å². The summed E-state index contributed by atoms with van der Waals surface area (Å²) in [5.74, 6) is -1.61. The Hall–Kier alpha value is -3.94. The Morgan fingerprint density at radius 2 is 1.86 bits per heavy atom. The van der Waals surface area contributed by atoms with Crippen molar-refractivity contribution < 1.29 is 23.7 Å². The second-order valence-corrected chi connectivity index (χ2v) is 5.94. The van der Waals surface area contributed by atoms with E-state index in [4.69, 9.17) is 9.15 Å². The van der Waals surface area contributed by atoms with Crippen molar-refractivity contribution in [2.75, 3.05) is 5.32 Å². The van der Waals surface area contributed by atoms with Gasteiger partial charge in [-0.25, -0.2) is 4.79 Å². The van der Waals surface area contributed by atoms with Crippen LogP contribution < -0.4 is 5.32 Å². The molecule has 0 aliphatic heterocycles. The van der Waals surface area contributed by atoms with Gasteiger partial charge in [0.2, 0.25) is 11.9 Å². The fraction of sp³-hybridized carbons (Fsp3) is 0.100. The number of benzene rings is 2. The molecule has 0 spiro atoms. The SMILES string of the molecule is Cc1ccc(NC(=O)[C@@H](OC(=O)c2ccco2)c2ccccc2)c([N+](=O)[O-])c1. The Morgan fingerprint density at radius 3 is 2.50 bits per heavy atom. The first-order valence-corrected chi connectivity index (χ1v) is 8.31. The highest BCUT2D eigenvalue weighted by Crippen LogP contribution is 2.28. The summed E-state index contributed by atoms with van der Waals surface area (Å²) in [5, 5.41) is 13.8. The van der Waals surface area contributed by atoms with E-state index in [1.165, 1.54) is 30.5 Å². The molecule has 0 bridgehead atoms. The Morgan fingerprint density at radius 1 is 1.11 bits per heavy atom. The predicted octanol–water partition coefficient (Wildman–Crippen LogP) is 4.03. The van der Waals surface area contributed by atoms with E-state index in [9.17, 15) is 19.7 Å². The Bertz CT molecular complexity index is 999. The van der Waals surface area contributed by atoms with Crippen molar-refractivity contribution in [2.24, 2.45) is 0 Å². The quantitative estimate of drug-likeness (QED) is 0.392. The number of hydrogen-bond donors (Lipinski definition) is 1. The molecule has 1 atom stereocenters. The third-order valence-electron chi connectivity index (χ3n) is 3.90. The molecule has 0 aliphatic rings. The second-order valence-electron chi connectivity index (χ2n) is 5.94. The zero-order valence-corrected chi connectivity index (χ0v) is 14.8. The topological polar surface area (TPSA) is 112 Å². The van der Waals surface area contributed by atoms with Crippen molar-refractivity contribution in [3.8, 4) is 0 Å². The highest BCUT2D eigenvalue weighted by Gasteiger charge is 2.28. The molecule has 1 amide bonds. The second kappa shape index (κ2) is 8.17. The molecular weight excluding hydrogens is 364 g/mol. The number of hydrogen-bond acceptors (Lipinski definition) is 6. The molecule has 0 radical (unpaired) electrons. The lowest BCUT2D eigenvalue weighted by molar-refractivity contribution is -0.384. The maximum absolute atomic E-state index is 12.8. The van der Waals surface area contributed by atoms with Gasteiger partial charge in [-0.15, -0.1) is 0 Å². The summed E-state index contributed by atoms with van der Waals surface area (Å²) >= 11 is 0. The van der Waals surface area contributed by atoms with Gasteiger partial charge in [-0.05, 0) is 30.7 Å². The fourth-order valence-corrected chi connectivity index (χ4v) is 2.56. The molecule has 0 saturated carbocycles. The van der Waals surface area contributed by atoms with Gasteiger partial charge in [0.05, 0.1) is 11.2 Å². The smallest absolute Gasteiger partial charge is 0.375 e. The minimum Gasteiger partial charge on any atom is -0.457 e. The van der Waals surface area contributed by atoms with Gasteiger partial charge in [0, 0.05) is 11.6 Å². The third-order valence-corrected chi connectivity index (χ3v) is 3.90. The van der Waals surface area contributed by atoms with Crippen LogP contribution in [0.2, 0.25) is 0 Å². The number of amides is 1. The highest BCUT2D eigenvalue weighted by atomic mass is 16.6. The van der Waals surface area contributed by atoms with Gasteiger partial charge in [-0.2, -0.15) is 0 Å². The molecule has 2 aromatic carbocycles. The number of aryl methyl sites for hydroxylation is 1. The average molecular weight is 380 g/mol. The van der Waals surface area contributed by atoms with Crippen LogP contribution in [-0.2, 0) is 9.53 Å². The molecule has 0 saturated heterocycles. The van der Waals surface area contributed by atoms with Gasteiger partial charge in [-0.3, -0.25) is 14.9 Å². The normalized spacial score (nSPS) is 11.5. The summed E-state index contributed by atoms with van der Waals surface area (Å²) in [6.45, 7) is 1.70. The first-order chi connectivity index (χ1) is 13.5. The fourth-order valence-electron chi connectivity index (χ4n) is 2.56. The summed E-state index contributed by atoms with van der Waals surface area (Å²) in [5.41, 5.74) is 0.844. The molecule has 8 heteroatoms. The number of furan rings is 1. The Labute approximate surface area is 159 Å². The maximum Gasteiger partial charge on any atom is 0.375 e. The Kier molecular flexibility index (Phi) is 5.50. The number of nitro groups is 1. The van der Waals surface area contributed by atoms with Gasteiger partial charge >= 0.3 is 5.97 Å². The summed E-state index contributed by atoms with van der Waals surface area (Å²) in [6.07, 6.45) is -0.0103. The van der Waals surface area contributed by atoms with Gasteiger partial charge in [0.15, 0.2) is 0 Å². The number of nitrogens with one attached hydrogen (secondary N) is 1. The molecule has 0 fully saturated rings. The molecule has 1 N–H and O–H groups in total. The van der Waals surface area contributed by atoms with E-state index in [2.05, 4.69) is 5.32 Å². The van der Waals surface area contributed by atoms with Crippen molar-refractivity contribution in [3.63, 3.8) is 0 Å². The van der Waals surface area contributed by atoms with Crippen molar-refractivity contribution in [2.45, 2.75) is 13.0 Å². The monoisotopic (exact) mass is 380 g/mol. The molecular formula is C20H16N2O6. The number of nitrogens with zero attached hydrogens (tertiary/aromatic N) is 1. The Balaban J connectivity index is 1.89. The summed E-state index contributed by atoms with van der Waals surface area (Å²) in [7, 11) is 0. The molecule has 1 heterocycles. The highest BCUT2D eigenvalue weighted by molar-refractivity contribution is 5.99. The van der Waals surface area contributed by atoms with Crippen molar-refractivity contribution >= 4 is 23.3 Å². The summed E-state index contributed by atoms with van der Waals surface area (Å²) < 4.78 is 10.3. The van der Waals surface area contributed by atoms with Crippen LogP contribution in [0.4, 0.5) is 11.4 Å². The number of esters is 1. The maximum atomic E-state index is 12.8. The molecule has 1 aromatic heterocycles. The van der Waals surface area contributed by atoms with Crippen LogP contribution in [0.5, 0.6) is 0 Å². The lowest BCUT2D eigenvalue weighted by Gasteiger charge is -2.17. The van der Waals surface area contributed by atoms with Crippen LogP contribution in [0.1, 0.15) is 27.8 Å². The van der Waals surface area contributed by atoms with Crippen LogP contribution in [-0.4, -0.2) is 16.8 Å². The van der Waals surface area contributed by atoms with Gasteiger partial charge in [-0.1, -0.05) is 36.4 Å². The molecule has 28 heavy (non-hydrogen) atoms. The largest absolute Gasteiger partial charge is 0.457 e. The number of anilines is 1. The zero-order valence-electron chi connectivity index (χ0n) is 14.8. The van der Waals surface area contributed by atoms with E-state index in [-0.39, 0.29) is 17.1 Å². The lowest BCUT2D eigenvalue weighted by Crippen LogP contribution is -2.26. The van der Waals surface area contributed by atoms with Gasteiger partial charge < -0.3 is 14.5 Å². The van der Waals surface area contributed by atoms with Crippen LogP contribution in [0.25, 0.3) is 0 Å². The predicted molar refractivity (Wildman–Crippen MR) is 99.8 cm³/mol. The molecule has 0 aliphatic carbocycles. The number of rotatable bonds is 6. The first kappa shape index (κ1) is 18.8. The van der Waals surface area contributed by atoms with Gasteiger partial charge in [0.1, 0.15) is 5.69 Å². The van der Waals surface area contributed by atoms with Crippen LogP contribution >= 0.6 is 0 Å². The number of ether oxygens (including phenoxy) is 1. The van der Waals surface area contributed by atoms with E-state index in [1.807, 2.05) is 0 Å². The average Bonchev–Trinajstić information content (AvgIpc) is 3.22. The van der Waals surface area contributed by atoms with Crippen molar-refractivity contribution in [1.82, 2.24) is 0 Å². The third kappa shape index (κ3) is 4.24. The van der Waals surface area contributed by atoms with E-state index in [0.717, 1.165) is 0 Å². The minimum absolute atomic E-state index is 0.00980. The molecule has 8 nitrogen and oxygen atoms in total. The van der Waals surface area contributed by atoms with Crippen molar-refractivity contribution in [3.05, 3.63) is 93.9 Å². The molecule has 142 valence electrons. The van der Waals surface area contributed by atoms with E-state index < -0.39 is 22.9 Å². The van der Waals surface area contributed by atoms with Crippen LogP contribution in [0.15, 0.2) is 71.3 Å². The van der Waals surface area contributed by atoms with Crippen LogP contribution in [0, 0.1) is 17.0 Å². The number of carbonyl (C=O) groups excluding carboxylic acids is 2. The summed E-state index contributed by atoms with van der Waals surface area (Å²) in [4.78, 5) is 35.8. The van der Waals surface area contributed by atoms with E-state index in [1.54, 1.807) is 43.3 Å². The molecule has 3 rings (SSSR count). The number of carbonyl (C=O) groups is 2. The van der Waals surface area contributed by atoms with E-state index in [0.29, 0.717) is 11.1 Å². The summed E-state index contributed by atoms with van der Waals surface area (Å²) in [6, 6.07) is 15.7. The van der Waals surface area contributed by atoms with Crippen LogP contribution in [0.3, 0.4) is 0 Å². The lowest BCUT2D eigenvalue weighted by atomic mass is 10.1. The molecule has 3 aromatic rings. The zero-order chi connectivity index (χ0) is 20.1. The molecule has 0 unspecified atom stereocenters. The minimum atomic E-state index is -1.32. The number of nitro benzene ring substituents is 1. The standard InChI is InChI=1S/C20H16N2O6/c1-13-9-10-15(16(12-13)22(25)26)21-19(23)18(14-6-3-2-4-7-14)28-20(24)17-8-5-11-27-17/h2-12,18H,1H3,(H,21,23)/t18-/m0/s1.